The number of allylic oxidation sites excluding steroid dienone is 19. The van der Waals surface area contributed by atoms with Crippen molar-refractivity contribution in [1.29, 1.82) is 0 Å². The van der Waals surface area contributed by atoms with Gasteiger partial charge in [0.25, 0.3) is 0 Å². The number of hydrogen-bond acceptors (Lipinski definition) is 5. The van der Waals surface area contributed by atoms with Gasteiger partial charge in [0.1, 0.15) is 6.61 Å². The highest BCUT2D eigenvalue weighted by Gasteiger charge is 2.17. The second kappa shape index (κ2) is 51.6. The van der Waals surface area contributed by atoms with E-state index in [-0.39, 0.29) is 25.2 Å². The minimum atomic E-state index is -0.598. The van der Waals surface area contributed by atoms with Crippen molar-refractivity contribution in [1.82, 2.24) is 0 Å². The van der Waals surface area contributed by atoms with Crippen LogP contribution in [0.1, 0.15) is 201 Å². The second-order valence-corrected chi connectivity index (χ2v) is 15.9. The highest BCUT2D eigenvalue weighted by molar-refractivity contribution is 5.70. The lowest BCUT2D eigenvalue weighted by atomic mass is 10.1. The molecule has 0 bridgehead atoms. The third-order valence-corrected chi connectivity index (χ3v) is 9.98. The van der Waals surface area contributed by atoms with Gasteiger partial charge >= 0.3 is 11.9 Å². The molecule has 0 aromatic carbocycles. The van der Waals surface area contributed by atoms with Crippen molar-refractivity contribution >= 4 is 11.9 Å². The highest BCUT2D eigenvalue weighted by Crippen LogP contribution is 2.12. The lowest BCUT2D eigenvalue weighted by Gasteiger charge is -2.18. The van der Waals surface area contributed by atoms with Gasteiger partial charge < -0.3 is 14.2 Å². The van der Waals surface area contributed by atoms with Crippen molar-refractivity contribution in [2.24, 2.45) is 0 Å². The zero-order valence-corrected chi connectivity index (χ0v) is 40.1. The Morgan fingerprint density at radius 2 is 0.726 bits per heavy atom. The van der Waals surface area contributed by atoms with E-state index in [2.05, 4.69) is 142 Å². The Bertz CT molecular complexity index is 1290. The van der Waals surface area contributed by atoms with Crippen molar-refractivity contribution in [3.05, 3.63) is 122 Å². The van der Waals surface area contributed by atoms with Crippen molar-refractivity contribution in [3.63, 3.8) is 0 Å². The Hall–Kier alpha value is -3.70. The standard InChI is InChI=1S/C57H92O5/c1-4-7-10-13-16-19-22-25-27-29-30-33-35-38-41-44-47-50-56(58)61-54-55(62-57(59)51-48-45-42-39-36-32-24-21-18-15-12-9-6-3)53-60-52-49-46-43-40-37-34-31-28-26-23-20-17-14-11-8-5-2/h7-8,10-11,16-17,19-21,24-28,30,33-34,37,43,46,55H,4-6,9,12-15,18,22-23,29,31-32,35-36,38-42,44-45,47-54H2,1-3H3/b10-7-,11-8-,19-16-,20-17-,24-21-,27-25-,28-26-,33-30-,37-34-,46-43-. The van der Waals surface area contributed by atoms with E-state index in [1.807, 2.05) is 0 Å². The van der Waals surface area contributed by atoms with Crippen LogP contribution >= 0.6 is 0 Å². The average Bonchev–Trinajstić information content (AvgIpc) is 3.27. The highest BCUT2D eigenvalue weighted by atomic mass is 16.6. The van der Waals surface area contributed by atoms with Gasteiger partial charge in [0.15, 0.2) is 6.10 Å². The van der Waals surface area contributed by atoms with Crippen LogP contribution in [0.15, 0.2) is 122 Å². The summed E-state index contributed by atoms with van der Waals surface area (Å²) in [6, 6.07) is 0. The van der Waals surface area contributed by atoms with Crippen LogP contribution in [-0.4, -0.2) is 37.9 Å². The average molecular weight is 857 g/mol. The summed E-state index contributed by atoms with van der Waals surface area (Å²) in [7, 11) is 0. The van der Waals surface area contributed by atoms with E-state index in [1.54, 1.807) is 0 Å². The number of ether oxygens (including phenoxy) is 3. The molecule has 0 aliphatic carbocycles. The van der Waals surface area contributed by atoms with E-state index >= 15 is 0 Å². The van der Waals surface area contributed by atoms with Gasteiger partial charge in [-0.2, -0.15) is 0 Å². The van der Waals surface area contributed by atoms with E-state index in [1.165, 1.54) is 44.9 Å². The van der Waals surface area contributed by atoms with Crippen LogP contribution in [0.2, 0.25) is 0 Å². The molecule has 1 atom stereocenters. The third kappa shape index (κ3) is 49.0. The Kier molecular flexibility index (Phi) is 48.6. The summed E-state index contributed by atoms with van der Waals surface area (Å²) in [6.07, 6.45) is 72.2. The molecule has 0 saturated heterocycles. The molecule has 0 saturated carbocycles. The van der Waals surface area contributed by atoms with E-state index in [0.717, 1.165) is 122 Å². The van der Waals surface area contributed by atoms with Crippen LogP contribution < -0.4 is 0 Å². The lowest BCUT2D eigenvalue weighted by Crippen LogP contribution is -2.30. The zero-order chi connectivity index (χ0) is 44.9. The normalized spacial score (nSPS) is 13.3. The van der Waals surface area contributed by atoms with Gasteiger partial charge in [-0.05, 0) is 116 Å². The molecule has 350 valence electrons. The maximum absolute atomic E-state index is 12.8. The van der Waals surface area contributed by atoms with Gasteiger partial charge in [-0.3, -0.25) is 9.59 Å². The molecular formula is C57H92O5. The summed E-state index contributed by atoms with van der Waals surface area (Å²) in [5.41, 5.74) is 0. The molecular weight excluding hydrogens is 765 g/mol. The third-order valence-electron chi connectivity index (χ3n) is 9.98. The smallest absolute Gasteiger partial charge is 0.306 e. The molecule has 0 aromatic heterocycles. The van der Waals surface area contributed by atoms with Crippen LogP contribution in [-0.2, 0) is 23.8 Å². The molecule has 0 radical (unpaired) electrons. The van der Waals surface area contributed by atoms with Gasteiger partial charge in [0.2, 0.25) is 0 Å². The number of esters is 2. The fraction of sp³-hybridized carbons (Fsp3) is 0.614. The Morgan fingerprint density at radius 3 is 1.18 bits per heavy atom. The fourth-order valence-electron chi connectivity index (χ4n) is 6.32. The maximum Gasteiger partial charge on any atom is 0.306 e. The molecule has 0 rings (SSSR count). The summed E-state index contributed by atoms with van der Waals surface area (Å²) in [6.45, 7) is 7.32. The van der Waals surface area contributed by atoms with Crippen LogP contribution in [0.5, 0.6) is 0 Å². The molecule has 62 heavy (non-hydrogen) atoms. The summed E-state index contributed by atoms with van der Waals surface area (Å²) in [5, 5.41) is 0. The van der Waals surface area contributed by atoms with Gasteiger partial charge in [-0.1, -0.05) is 194 Å². The van der Waals surface area contributed by atoms with E-state index in [9.17, 15) is 9.59 Å². The summed E-state index contributed by atoms with van der Waals surface area (Å²) in [4.78, 5) is 25.4. The van der Waals surface area contributed by atoms with Crippen molar-refractivity contribution < 1.29 is 23.8 Å². The largest absolute Gasteiger partial charge is 0.462 e. The van der Waals surface area contributed by atoms with Gasteiger partial charge in [-0.15, -0.1) is 0 Å². The predicted molar refractivity (Wildman–Crippen MR) is 269 cm³/mol. The maximum atomic E-state index is 12.8. The molecule has 0 amide bonds. The minimum absolute atomic E-state index is 0.0319. The molecule has 0 aliphatic heterocycles. The first-order chi connectivity index (χ1) is 30.6. The topological polar surface area (TPSA) is 61.8 Å². The first-order valence-corrected chi connectivity index (χ1v) is 25.1. The molecule has 0 fully saturated rings. The van der Waals surface area contributed by atoms with Gasteiger partial charge in [-0.25, -0.2) is 0 Å². The van der Waals surface area contributed by atoms with Crippen LogP contribution in [0.4, 0.5) is 0 Å². The van der Waals surface area contributed by atoms with Gasteiger partial charge in [0, 0.05) is 12.8 Å². The number of carbonyl (C=O) groups is 2. The molecule has 0 heterocycles. The monoisotopic (exact) mass is 857 g/mol. The molecule has 5 heteroatoms. The summed E-state index contributed by atoms with van der Waals surface area (Å²) >= 11 is 0. The number of unbranched alkanes of at least 4 members (excludes halogenated alkanes) is 13. The Balaban J connectivity index is 4.46. The van der Waals surface area contributed by atoms with E-state index in [0.29, 0.717) is 19.4 Å². The first kappa shape index (κ1) is 58.3. The zero-order valence-electron chi connectivity index (χ0n) is 40.1. The van der Waals surface area contributed by atoms with Crippen LogP contribution in [0.25, 0.3) is 0 Å². The quantitative estimate of drug-likeness (QED) is 0.0347. The summed E-state index contributed by atoms with van der Waals surface area (Å²) < 4.78 is 17.3. The van der Waals surface area contributed by atoms with Crippen molar-refractivity contribution in [3.8, 4) is 0 Å². The van der Waals surface area contributed by atoms with Crippen molar-refractivity contribution in [2.45, 2.75) is 207 Å². The molecule has 0 aliphatic rings. The predicted octanol–water partition coefficient (Wildman–Crippen LogP) is 17.0. The first-order valence-electron chi connectivity index (χ1n) is 25.1. The number of carbonyl (C=O) groups excluding carboxylic acids is 2. The second-order valence-electron chi connectivity index (χ2n) is 15.9. The van der Waals surface area contributed by atoms with Crippen LogP contribution in [0.3, 0.4) is 0 Å². The van der Waals surface area contributed by atoms with Gasteiger partial charge in [0.05, 0.1) is 13.2 Å². The Morgan fingerprint density at radius 1 is 0.371 bits per heavy atom. The van der Waals surface area contributed by atoms with Crippen LogP contribution in [0, 0.1) is 0 Å². The van der Waals surface area contributed by atoms with E-state index in [4.69, 9.17) is 14.2 Å². The molecule has 1 unspecified atom stereocenters. The Labute approximate surface area is 382 Å². The number of hydrogen-bond donors (Lipinski definition) is 0. The fourth-order valence-corrected chi connectivity index (χ4v) is 6.32. The molecule has 0 N–H and O–H groups in total. The molecule has 5 nitrogen and oxygen atoms in total. The van der Waals surface area contributed by atoms with E-state index < -0.39 is 6.10 Å². The SMILES string of the molecule is CC/C=C\C/C=C\C/C=C\C/C=C\C/C=C\CCOCC(COC(=O)CCCCCC/C=C\C/C=C\C/C=C\C/C=C\CC)OC(=O)CCCCCCC/C=C\CCCCCC. The van der Waals surface area contributed by atoms with Crippen molar-refractivity contribution in [2.75, 3.05) is 19.8 Å². The minimum Gasteiger partial charge on any atom is -0.462 e. The summed E-state index contributed by atoms with van der Waals surface area (Å²) in [5.74, 6) is -0.484. The lowest BCUT2D eigenvalue weighted by molar-refractivity contribution is -0.162. The number of rotatable bonds is 44. The molecule has 0 spiro atoms. The molecule has 0 aromatic rings.